The number of rotatable bonds is 9. The molecule has 7 aliphatic rings. The molecule has 0 radical (unpaired) electrons. The lowest BCUT2D eigenvalue weighted by molar-refractivity contribution is -0.403. The molecule has 15 atom stereocenters. The molecule has 2 unspecified atom stereocenters. The summed E-state index contributed by atoms with van der Waals surface area (Å²) in [6.07, 6.45) is 6.38. The van der Waals surface area contributed by atoms with Gasteiger partial charge >= 0.3 is 20.8 Å². The van der Waals surface area contributed by atoms with Gasteiger partial charge in [0.05, 0.1) is 12.2 Å². The summed E-state index contributed by atoms with van der Waals surface area (Å²) in [5.41, 5.74) is -0.615. The third-order valence-electron chi connectivity index (χ3n) is 15.2. The Kier molecular flexibility index (Phi) is 8.25. The van der Waals surface area contributed by atoms with Crippen molar-refractivity contribution in [1.82, 2.24) is 0 Å². The van der Waals surface area contributed by atoms with Gasteiger partial charge in [0.25, 0.3) is 5.97 Å². The van der Waals surface area contributed by atoms with Gasteiger partial charge in [-0.3, -0.25) is 9.11 Å². The Balaban J connectivity index is 1.19. The summed E-state index contributed by atoms with van der Waals surface area (Å²) in [5.74, 6) is 1.44. The molecule has 13 heteroatoms. The zero-order chi connectivity index (χ0) is 34.2. The van der Waals surface area contributed by atoms with Gasteiger partial charge in [-0.05, 0) is 123 Å². The van der Waals surface area contributed by atoms with E-state index in [0.717, 1.165) is 44.9 Å². The Morgan fingerprint density at radius 1 is 0.872 bits per heavy atom. The average molecular weight is 705 g/mol. The van der Waals surface area contributed by atoms with E-state index in [1.165, 1.54) is 6.42 Å². The Labute approximate surface area is 281 Å². The van der Waals surface area contributed by atoms with Crippen LogP contribution in [0.15, 0.2) is 0 Å². The molecule has 47 heavy (non-hydrogen) atoms. The van der Waals surface area contributed by atoms with Gasteiger partial charge in [-0.15, -0.1) is 0 Å². The molecule has 11 nitrogen and oxygen atoms in total. The first-order valence-electron chi connectivity index (χ1n) is 18.1. The number of hydrogen-bond acceptors (Lipinski definition) is 9. The minimum absolute atomic E-state index is 0.0192. The second-order valence-corrected chi connectivity index (χ2v) is 19.8. The predicted octanol–water partition coefficient (Wildman–Crippen LogP) is 6.34. The third kappa shape index (κ3) is 5.50. The second kappa shape index (κ2) is 11.1. The van der Waals surface area contributed by atoms with E-state index in [4.69, 9.17) is 22.6 Å². The van der Waals surface area contributed by atoms with Crippen molar-refractivity contribution in [1.29, 1.82) is 0 Å². The Morgan fingerprint density at radius 2 is 1.53 bits per heavy atom. The molecule has 5 saturated carbocycles. The number of hydrogen-bond donors (Lipinski definition) is 2. The average Bonchev–Trinajstić information content (AvgIpc) is 3.39. The lowest BCUT2D eigenvalue weighted by Crippen LogP contribution is -2.61. The largest absolute Gasteiger partial charge is 0.397 e. The van der Waals surface area contributed by atoms with Crippen molar-refractivity contribution in [2.24, 2.45) is 57.7 Å². The van der Waals surface area contributed by atoms with Gasteiger partial charge in [-0.25, -0.2) is 8.37 Å². The molecule has 0 aromatic heterocycles. The fraction of sp³-hybridized carbons (Fsp3) is 1.00. The van der Waals surface area contributed by atoms with Crippen LogP contribution in [0.25, 0.3) is 0 Å². The smallest absolute Gasteiger partial charge is 0.324 e. The second-order valence-electron chi connectivity index (χ2n) is 17.7. The fourth-order valence-corrected chi connectivity index (χ4v) is 14.1. The van der Waals surface area contributed by atoms with Crippen LogP contribution in [0.2, 0.25) is 0 Å². The van der Waals surface area contributed by atoms with Crippen LogP contribution in [0.1, 0.15) is 119 Å². The van der Waals surface area contributed by atoms with Gasteiger partial charge in [-0.2, -0.15) is 16.8 Å². The van der Waals surface area contributed by atoms with E-state index in [2.05, 4.69) is 48.5 Å². The molecule has 0 aromatic rings. The third-order valence-corrected chi connectivity index (χ3v) is 16.2. The maximum atomic E-state index is 11.9. The zero-order valence-electron chi connectivity index (χ0n) is 29.0. The van der Waals surface area contributed by atoms with E-state index in [0.29, 0.717) is 30.1 Å². The zero-order valence-corrected chi connectivity index (χ0v) is 30.6. The topological polar surface area (TPSA) is 155 Å². The molecule has 270 valence electrons. The minimum Gasteiger partial charge on any atom is -0.324 e. The standard InChI is InChI=1S/C34H56O11S2/c1-8-12-34-41-26-15-24-22-10-9-21-14-25(43-46(35,36)37)27(44-47(38,39)40)17-31(21,6)23(22)11-13-30(24,5)29(26)32(7,45-34)28(42-34)18-33(19(2)3)16-20(33)4/h19-29H,8-18H2,1-7H3,(H,35,36,37)(H,38,39,40)/t20?,21-,22+,23-,24-,25-,26-,27-,28-,29-,30-,31-,32-,33-,34?/m0/s1. The Hall–Kier alpha value is -0.380. The first-order valence-corrected chi connectivity index (χ1v) is 20.8. The molecule has 7 fully saturated rings. The molecule has 0 aromatic carbocycles. The summed E-state index contributed by atoms with van der Waals surface area (Å²) >= 11 is 0. The van der Waals surface area contributed by atoms with Crippen molar-refractivity contribution >= 4 is 20.8 Å². The van der Waals surface area contributed by atoms with Crippen LogP contribution >= 0.6 is 0 Å². The molecule has 2 bridgehead atoms. The summed E-state index contributed by atoms with van der Waals surface area (Å²) in [5, 5.41) is 0. The summed E-state index contributed by atoms with van der Waals surface area (Å²) in [6, 6.07) is 0. The van der Waals surface area contributed by atoms with Crippen LogP contribution in [-0.4, -0.2) is 61.9 Å². The van der Waals surface area contributed by atoms with Crippen LogP contribution in [-0.2, 0) is 43.4 Å². The highest BCUT2D eigenvalue weighted by atomic mass is 32.3. The first-order chi connectivity index (χ1) is 21.7. The van der Waals surface area contributed by atoms with E-state index in [9.17, 15) is 25.9 Å². The van der Waals surface area contributed by atoms with E-state index in [1.54, 1.807) is 0 Å². The fourth-order valence-electron chi connectivity index (χ4n) is 13.1. The summed E-state index contributed by atoms with van der Waals surface area (Å²) in [6.45, 7) is 16.1. The van der Waals surface area contributed by atoms with E-state index in [-0.39, 0.29) is 59.0 Å². The lowest BCUT2D eigenvalue weighted by Gasteiger charge is -2.62. The van der Waals surface area contributed by atoms with Crippen molar-refractivity contribution in [3.05, 3.63) is 0 Å². The molecule has 0 amide bonds. The maximum Gasteiger partial charge on any atom is 0.397 e. The molecule has 5 aliphatic carbocycles. The molecule has 2 saturated heterocycles. The summed E-state index contributed by atoms with van der Waals surface area (Å²) < 4.78 is 97.2. The van der Waals surface area contributed by atoms with Gasteiger partial charge in [0.1, 0.15) is 17.8 Å². The first kappa shape index (κ1) is 35.0. The van der Waals surface area contributed by atoms with Crippen molar-refractivity contribution in [2.75, 3.05) is 0 Å². The number of ether oxygens (including phenoxy) is 3. The maximum absolute atomic E-state index is 11.9. The van der Waals surface area contributed by atoms with Gasteiger partial charge in [0, 0.05) is 12.3 Å². The SMILES string of the molecule is CCCC12O[C@H]3C[C@H]4[C@@H]5CC[C@H]6C[C@H](OS(=O)(=O)O)[C@@H](OS(=O)(=O)O)C[C@]6(C)[C@H]5CC[C@]4(C)[C@H]3[C@@](C)(O1)[C@H](C[C@]1(C(C)C)CC1C)O2. The van der Waals surface area contributed by atoms with Crippen LogP contribution in [0.3, 0.4) is 0 Å². The minimum atomic E-state index is -4.89. The number of fused-ring (bicyclic) bond motifs is 10. The van der Waals surface area contributed by atoms with Crippen molar-refractivity contribution in [3.63, 3.8) is 0 Å². The van der Waals surface area contributed by atoms with E-state index >= 15 is 0 Å². The highest BCUT2D eigenvalue weighted by Gasteiger charge is 2.75. The van der Waals surface area contributed by atoms with E-state index < -0.39 is 44.6 Å². The molecular weight excluding hydrogens is 648 g/mol. The summed E-state index contributed by atoms with van der Waals surface area (Å²) in [4.78, 5) is 0. The van der Waals surface area contributed by atoms with Crippen LogP contribution in [0.4, 0.5) is 0 Å². The quantitative estimate of drug-likeness (QED) is 0.258. The van der Waals surface area contributed by atoms with Gasteiger partial charge < -0.3 is 14.2 Å². The van der Waals surface area contributed by atoms with Crippen molar-refractivity contribution < 1.29 is 48.5 Å². The molecule has 2 heterocycles. The highest BCUT2D eigenvalue weighted by Crippen LogP contribution is 2.73. The molecule has 2 N–H and O–H groups in total. The monoisotopic (exact) mass is 704 g/mol. The molecule has 2 aliphatic heterocycles. The summed E-state index contributed by atoms with van der Waals surface area (Å²) in [7, 11) is -9.75. The van der Waals surface area contributed by atoms with E-state index in [1.807, 2.05) is 0 Å². The van der Waals surface area contributed by atoms with Crippen LogP contribution in [0.5, 0.6) is 0 Å². The van der Waals surface area contributed by atoms with Crippen LogP contribution < -0.4 is 0 Å². The van der Waals surface area contributed by atoms with Gasteiger partial charge in [-0.1, -0.05) is 41.5 Å². The molecule has 0 spiro atoms. The Morgan fingerprint density at radius 3 is 2.13 bits per heavy atom. The van der Waals surface area contributed by atoms with Crippen LogP contribution in [0, 0.1) is 57.7 Å². The Bertz CT molecular complexity index is 1470. The van der Waals surface area contributed by atoms with Crippen molar-refractivity contribution in [2.45, 2.75) is 155 Å². The normalized spacial score (nSPS) is 53.7. The molecular formula is C34H56O11S2. The highest BCUT2D eigenvalue weighted by molar-refractivity contribution is 7.81. The predicted molar refractivity (Wildman–Crippen MR) is 171 cm³/mol. The van der Waals surface area contributed by atoms with Crippen molar-refractivity contribution in [3.8, 4) is 0 Å². The lowest BCUT2D eigenvalue weighted by atomic mass is 9.44. The molecule has 7 rings (SSSR count). The van der Waals surface area contributed by atoms with Gasteiger partial charge in [0.2, 0.25) is 0 Å². The van der Waals surface area contributed by atoms with Gasteiger partial charge in [0.15, 0.2) is 0 Å².